The predicted molar refractivity (Wildman–Crippen MR) is 81.5 cm³/mol. The van der Waals surface area contributed by atoms with Crippen molar-refractivity contribution in [1.29, 1.82) is 0 Å². The number of carbonyl (C=O) groups is 1. The van der Waals surface area contributed by atoms with Crippen LogP contribution in [-0.4, -0.2) is 35.7 Å². The summed E-state index contributed by atoms with van der Waals surface area (Å²) in [7, 11) is 3.41. The molecule has 0 bridgehead atoms. The number of carbonyl (C=O) groups excluding carboxylic acids is 1. The van der Waals surface area contributed by atoms with Crippen LogP contribution in [0.2, 0.25) is 0 Å². The van der Waals surface area contributed by atoms with E-state index in [9.17, 15) is 4.79 Å². The first kappa shape index (κ1) is 15.1. The zero-order valence-corrected chi connectivity index (χ0v) is 12.3. The maximum Gasteiger partial charge on any atom is 0.276 e. The van der Waals surface area contributed by atoms with Crippen molar-refractivity contribution in [3.8, 4) is 5.75 Å². The number of anilines is 1. The van der Waals surface area contributed by atoms with E-state index < -0.39 is 0 Å². The molecule has 1 aromatic heterocycles. The van der Waals surface area contributed by atoms with Crippen LogP contribution in [0.4, 0.5) is 5.69 Å². The fraction of sp³-hybridized carbons (Fsp3) is 0.333. The molecular weight excluding hydrogens is 268 g/mol. The number of rotatable bonds is 6. The Balaban J connectivity index is 2.28. The van der Waals surface area contributed by atoms with Gasteiger partial charge in [0.05, 0.1) is 19.6 Å². The molecule has 0 spiro atoms. The van der Waals surface area contributed by atoms with E-state index >= 15 is 0 Å². The molecule has 21 heavy (non-hydrogen) atoms. The second kappa shape index (κ2) is 6.90. The Morgan fingerprint density at radius 2 is 2.10 bits per heavy atom. The van der Waals surface area contributed by atoms with Crippen molar-refractivity contribution in [2.45, 2.75) is 6.42 Å². The molecule has 1 amide bonds. The second-order valence-electron chi connectivity index (χ2n) is 4.69. The van der Waals surface area contributed by atoms with Gasteiger partial charge in [0.25, 0.3) is 5.91 Å². The SMILES string of the molecule is COc1ccc(N(CCCN)C(=O)c2cncn2C)cc1. The molecule has 0 atom stereocenters. The minimum Gasteiger partial charge on any atom is -0.497 e. The fourth-order valence-corrected chi connectivity index (χ4v) is 2.06. The Bertz CT molecular complexity index is 592. The summed E-state index contributed by atoms with van der Waals surface area (Å²) in [6.45, 7) is 1.10. The zero-order chi connectivity index (χ0) is 15.2. The van der Waals surface area contributed by atoms with Crippen molar-refractivity contribution in [2.75, 3.05) is 25.1 Å². The molecule has 0 saturated heterocycles. The maximum absolute atomic E-state index is 12.7. The van der Waals surface area contributed by atoms with Gasteiger partial charge in [-0.2, -0.15) is 0 Å². The van der Waals surface area contributed by atoms with E-state index in [-0.39, 0.29) is 5.91 Å². The summed E-state index contributed by atoms with van der Waals surface area (Å²) in [4.78, 5) is 18.4. The lowest BCUT2D eigenvalue weighted by Gasteiger charge is -2.23. The van der Waals surface area contributed by atoms with Crippen LogP contribution in [-0.2, 0) is 7.05 Å². The van der Waals surface area contributed by atoms with Gasteiger partial charge in [0.15, 0.2) is 0 Å². The van der Waals surface area contributed by atoms with Crippen molar-refractivity contribution < 1.29 is 9.53 Å². The molecule has 0 aliphatic heterocycles. The molecule has 0 radical (unpaired) electrons. The number of nitrogens with two attached hydrogens (primary N) is 1. The van der Waals surface area contributed by atoms with Crippen molar-refractivity contribution in [3.63, 3.8) is 0 Å². The van der Waals surface area contributed by atoms with Gasteiger partial charge in [-0.05, 0) is 37.2 Å². The highest BCUT2D eigenvalue weighted by Gasteiger charge is 2.19. The number of amides is 1. The summed E-state index contributed by atoms with van der Waals surface area (Å²) in [6.07, 6.45) is 3.92. The molecular formula is C15H20N4O2. The van der Waals surface area contributed by atoms with Crippen LogP contribution in [0.1, 0.15) is 16.9 Å². The van der Waals surface area contributed by atoms with Crippen LogP contribution in [0, 0.1) is 0 Å². The summed E-state index contributed by atoms with van der Waals surface area (Å²) in [5, 5.41) is 0. The Kier molecular flexibility index (Phi) is 4.94. The van der Waals surface area contributed by atoms with Crippen LogP contribution in [0.3, 0.4) is 0 Å². The van der Waals surface area contributed by atoms with E-state index in [0.717, 1.165) is 17.9 Å². The molecule has 6 nitrogen and oxygen atoms in total. The van der Waals surface area contributed by atoms with Gasteiger partial charge in [-0.25, -0.2) is 4.98 Å². The number of methoxy groups -OCH3 is 1. The Morgan fingerprint density at radius 1 is 1.38 bits per heavy atom. The number of imidazole rings is 1. The lowest BCUT2D eigenvalue weighted by atomic mass is 10.2. The van der Waals surface area contributed by atoms with E-state index in [4.69, 9.17) is 10.5 Å². The number of hydrogen-bond donors (Lipinski definition) is 1. The van der Waals surface area contributed by atoms with Crippen LogP contribution < -0.4 is 15.4 Å². The lowest BCUT2D eigenvalue weighted by molar-refractivity contribution is 0.0979. The number of aromatic nitrogens is 2. The summed E-state index contributed by atoms with van der Waals surface area (Å²) in [5.41, 5.74) is 6.93. The van der Waals surface area contributed by atoms with Crippen LogP contribution in [0.5, 0.6) is 5.75 Å². The maximum atomic E-state index is 12.7. The number of nitrogens with zero attached hydrogens (tertiary/aromatic N) is 3. The lowest BCUT2D eigenvalue weighted by Crippen LogP contribution is -2.34. The first-order valence-corrected chi connectivity index (χ1v) is 6.79. The van der Waals surface area contributed by atoms with Crippen molar-refractivity contribution >= 4 is 11.6 Å². The highest BCUT2D eigenvalue weighted by atomic mass is 16.5. The molecule has 0 aliphatic carbocycles. The highest BCUT2D eigenvalue weighted by molar-refractivity contribution is 6.04. The van der Waals surface area contributed by atoms with Gasteiger partial charge in [0, 0.05) is 19.3 Å². The summed E-state index contributed by atoms with van der Waals surface area (Å²) in [6, 6.07) is 7.40. The average Bonchev–Trinajstić information content (AvgIpc) is 2.94. The largest absolute Gasteiger partial charge is 0.497 e. The van der Waals surface area contributed by atoms with Crippen molar-refractivity contribution in [2.24, 2.45) is 12.8 Å². The van der Waals surface area contributed by atoms with E-state index in [1.54, 1.807) is 36.1 Å². The molecule has 112 valence electrons. The standard InChI is InChI=1S/C15H20N4O2/c1-18-11-17-10-14(18)15(20)19(9-3-8-16)12-4-6-13(21-2)7-5-12/h4-7,10-11H,3,8-9,16H2,1-2H3. The third kappa shape index (κ3) is 3.41. The molecule has 0 unspecified atom stereocenters. The molecule has 1 aromatic carbocycles. The predicted octanol–water partition coefficient (Wildman–Crippen LogP) is 1.42. The van der Waals surface area contributed by atoms with Gasteiger partial charge in [0.2, 0.25) is 0 Å². The quantitative estimate of drug-likeness (QED) is 0.872. The van der Waals surface area contributed by atoms with Crippen molar-refractivity contribution in [3.05, 3.63) is 42.5 Å². The highest BCUT2D eigenvalue weighted by Crippen LogP contribution is 2.21. The second-order valence-corrected chi connectivity index (χ2v) is 4.69. The average molecular weight is 288 g/mol. The van der Waals surface area contributed by atoms with Crippen molar-refractivity contribution in [1.82, 2.24) is 9.55 Å². The molecule has 6 heteroatoms. The number of benzene rings is 1. The van der Waals surface area contributed by atoms with E-state index in [1.807, 2.05) is 24.3 Å². The summed E-state index contributed by atoms with van der Waals surface area (Å²) < 4.78 is 6.85. The fourth-order valence-electron chi connectivity index (χ4n) is 2.06. The first-order chi connectivity index (χ1) is 10.2. The first-order valence-electron chi connectivity index (χ1n) is 6.79. The van der Waals surface area contributed by atoms with Crippen LogP contribution in [0.15, 0.2) is 36.8 Å². The summed E-state index contributed by atoms with van der Waals surface area (Å²) >= 11 is 0. The summed E-state index contributed by atoms with van der Waals surface area (Å²) in [5.74, 6) is 0.666. The number of ether oxygens (including phenoxy) is 1. The molecule has 0 fully saturated rings. The normalized spacial score (nSPS) is 10.4. The topological polar surface area (TPSA) is 73.4 Å². The van der Waals surface area contributed by atoms with Gasteiger partial charge in [-0.15, -0.1) is 0 Å². The Labute approximate surface area is 124 Å². The Morgan fingerprint density at radius 3 is 2.62 bits per heavy atom. The zero-order valence-electron chi connectivity index (χ0n) is 12.3. The molecule has 1 heterocycles. The van der Waals surface area contributed by atoms with Crippen LogP contribution >= 0.6 is 0 Å². The molecule has 2 N–H and O–H groups in total. The number of hydrogen-bond acceptors (Lipinski definition) is 4. The smallest absolute Gasteiger partial charge is 0.276 e. The number of aryl methyl sites for hydroxylation is 1. The minimum absolute atomic E-state index is 0.0892. The van der Waals surface area contributed by atoms with E-state index in [1.165, 1.54) is 0 Å². The molecule has 0 saturated carbocycles. The van der Waals surface area contributed by atoms with E-state index in [0.29, 0.717) is 18.8 Å². The van der Waals surface area contributed by atoms with Gasteiger partial charge < -0.3 is 19.9 Å². The molecule has 2 rings (SSSR count). The third-order valence-electron chi connectivity index (χ3n) is 3.25. The Hall–Kier alpha value is -2.34. The molecule has 0 aliphatic rings. The van der Waals surface area contributed by atoms with Gasteiger partial charge >= 0.3 is 0 Å². The van der Waals surface area contributed by atoms with Crippen LogP contribution in [0.25, 0.3) is 0 Å². The monoisotopic (exact) mass is 288 g/mol. The molecule has 2 aromatic rings. The third-order valence-corrected chi connectivity index (χ3v) is 3.25. The van der Waals surface area contributed by atoms with Gasteiger partial charge in [-0.3, -0.25) is 4.79 Å². The van der Waals surface area contributed by atoms with Gasteiger partial charge in [-0.1, -0.05) is 0 Å². The van der Waals surface area contributed by atoms with E-state index in [2.05, 4.69) is 4.98 Å². The minimum atomic E-state index is -0.0892. The van der Waals surface area contributed by atoms with Gasteiger partial charge in [0.1, 0.15) is 11.4 Å².